The van der Waals surface area contributed by atoms with Crippen LogP contribution in [-0.4, -0.2) is 51.5 Å². The number of nitrogens with zero attached hydrogens (tertiary/aromatic N) is 3. The predicted molar refractivity (Wildman–Crippen MR) is 84.1 cm³/mol. The molecule has 23 heavy (non-hydrogen) atoms. The number of ether oxygens (including phenoxy) is 2. The Hall–Kier alpha value is -1.76. The number of rotatable bonds is 3. The number of aromatic nitrogens is 2. The minimum atomic E-state index is -0.588. The van der Waals surface area contributed by atoms with E-state index < -0.39 is 23.6 Å². The molecule has 1 aromatic rings. The third-order valence-corrected chi connectivity index (χ3v) is 3.73. The van der Waals surface area contributed by atoms with Crippen LogP contribution in [0.25, 0.3) is 0 Å². The van der Waals surface area contributed by atoms with Crippen molar-refractivity contribution in [3.8, 4) is 0 Å². The maximum atomic E-state index is 12.3. The lowest BCUT2D eigenvalue weighted by Gasteiger charge is -2.24. The van der Waals surface area contributed by atoms with Gasteiger partial charge in [0.2, 0.25) is 0 Å². The highest BCUT2D eigenvalue weighted by molar-refractivity contribution is 6.17. The second-order valence-corrected chi connectivity index (χ2v) is 6.84. The smallest absolute Gasteiger partial charge is 0.410 e. The summed E-state index contributed by atoms with van der Waals surface area (Å²) in [5.74, 6) is -1.09. The third kappa shape index (κ3) is 4.37. The number of alkyl halides is 1. The fourth-order valence-corrected chi connectivity index (χ4v) is 2.76. The number of aryl methyl sites for hydroxylation is 1. The monoisotopic (exact) mass is 343 g/mol. The highest BCUT2D eigenvalue weighted by Gasteiger charge is 2.43. The Bertz CT molecular complexity index is 582. The number of likely N-dealkylation sites (tertiary alicyclic amines) is 1. The van der Waals surface area contributed by atoms with Crippen molar-refractivity contribution in [1.82, 2.24) is 14.7 Å². The van der Waals surface area contributed by atoms with Gasteiger partial charge in [0, 0.05) is 32.3 Å². The van der Waals surface area contributed by atoms with Crippen LogP contribution < -0.4 is 0 Å². The Morgan fingerprint density at radius 3 is 2.61 bits per heavy atom. The number of carbonyl (C=O) groups excluding carboxylic acids is 2. The van der Waals surface area contributed by atoms with E-state index in [-0.39, 0.29) is 18.5 Å². The van der Waals surface area contributed by atoms with Crippen LogP contribution in [0.1, 0.15) is 32.3 Å². The van der Waals surface area contributed by atoms with Crippen molar-refractivity contribution >= 4 is 23.7 Å². The second-order valence-electron chi connectivity index (χ2n) is 6.62. The van der Waals surface area contributed by atoms with Gasteiger partial charge >= 0.3 is 12.1 Å². The van der Waals surface area contributed by atoms with E-state index >= 15 is 0 Å². The van der Waals surface area contributed by atoms with E-state index in [1.165, 1.54) is 4.90 Å². The summed E-state index contributed by atoms with van der Waals surface area (Å²) in [6, 6.07) is -0.207. The first-order valence-corrected chi connectivity index (χ1v) is 7.94. The molecule has 0 radical (unpaired) electrons. The second kappa shape index (κ2) is 6.78. The van der Waals surface area contributed by atoms with Crippen LogP contribution in [0, 0.1) is 5.92 Å². The van der Waals surface area contributed by atoms with E-state index in [0.717, 1.165) is 5.56 Å². The van der Waals surface area contributed by atoms with Gasteiger partial charge in [-0.1, -0.05) is 11.6 Å². The number of halogens is 1. The van der Waals surface area contributed by atoms with Crippen LogP contribution in [-0.2, 0) is 21.3 Å². The molecule has 0 aliphatic carbocycles. The lowest BCUT2D eigenvalue weighted by Crippen LogP contribution is -2.36. The van der Waals surface area contributed by atoms with Crippen LogP contribution in [0.5, 0.6) is 0 Å². The summed E-state index contributed by atoms with van der Waals surface area (Å²) >= 11 is 5.49. The normalized spacial score (nSPS) is 21.3. The fraction of sp³-hybridized carbons (Fsp3) is 0.667. The van der Waals surface area contributed by atoms with Gasteiger partial charge in [0.05, 0.1) is 12.1 Å². The fourth-order valence-electron chi connectivity index (χ4n) is 2.65. The topological polar surface area (TPSA) is 73.7 Å². The van der Waals surface area contributed by atoms with E-state index in [2.05, 4.69) is 5.10 Å². The van der Waals surface area contributed by atoms with Crippen molar-refractivity contribution in [2.45, 2.75) is 32.3 Å². The molecule has 1 fully saturated rings. The lowest BCUT2D eigenvalue weighted by atomic mass is 9.91. The standard InChI is InChI=1S/C15H22ClN3O4/c1-15(2,3)23-14(21)19-7-11(10-5-17-18(4)6-10)12(8-19)13(20)22-9-16/h5-6,11-12H,7-9H2,1-4H3/t11-,12+/m0/s1. The zero-order chi connectivity index (χ0) is 17.2. The molecule has 2 heterocycles. The van der Waals surface area contributed by atoms with Crippen molar-refractivity contribution in [1.29, 1.82) is 0 Å². The van der Waals surface area contributed by atoms with Crippen molar-refractivity contribution < 1.29 is 19.1 Å². The van der Waals surface area contributed by atoms with E-state index in [1.807, 2.05) is 6.20 Å². The van der Waals surface area contributed by atoms with Crippen LogP contribution in [0.4, 0.5) is 4.79 Å². The van der Waals surface area contributed by atoms with Gasteiger partial charge in [0.1, 0.15) is 5.60 Å². The van der Waals surface area contributed by atoms with Gasteiger partial charge in [0.25, 0.3) is 0 Å². The first-order chi connectivity index (χ1) is 10.7. The molecule has 1 aliphatic rings. The molecule has 1 aliphatic heterocycles. The van der Waals surface area contributed by atoms with Gasteiger partial charge in [-0.15, -0.1) is 0 Å². The molecule has 0 aromatic carbocycles. The Balaban J connectivity index is 2.18. The Kier molecular flexibility index (Phi) is 5.19. The zero-order valence-corrected chi connectivity index (χ0v) is 14.5. The zero-order valence-electron chi connectivity index (χ0n) is 13.8. The summed E-state index contributed by atoms with van der Waals surface area (Å²) in [5, 5.41) is 4.13. The average molecular weight is 344 g/mol. The Labute approximate surface area is 140 Å². The number of hydrogen-bond donors (Lipinski definition) is 0. The van der Waals surface area contributed by atoms with Gasteiger partial charge in [0.15, 0.2) is 6.07 Å². The van der Waals surface area contributed by atoms with Gasteiger partial charge in [-0.3, -0.25) is 9.48 Å². The van der Waals surface area contributed by atoms with E-state index in [1.54, 1.807) is 38.7 Å². The molecule has 0 saturated carbocycles. The van der Waals surface area contributed by atoms with Gasteiger partial charge in [-0.05, 0) is 26.3 Å². The summed E-state index contributed by atoms with van der Waals surface area (Å²) in [5.41, 5.74) is 0.297. The first kappa shape index (κ1) is 17.6. The molecule has 128 valence electrons. The summed E-state index contributed by atoms with van der Waals surface area (Å²) in [6.45, 7) is 6.03. The molecular formula is C15H22ClN3O4. The minimum absolute atomic E-state index is 0.188. The van der Waals surface area contributed by atoms with Crippen molar-refractivity contribution in [2.75, 3.05) is 19.2 Å². The molecule has 0 spiro atoms. The first-order valence-electron chi connectivity index (χ1n) is 7.40. The maximum absolute atomic E-state index is 12.3. The average Bonchev–Trinajstić information content (AvgIpc) is 3.02. The molecule has 7 nitrogen and oxygen atoms in total. The van der Waals surface area contributed by atoms with E-state index in [0.29, 0.717) is 6.54 Å². The summed E-state index contributed by atoms with van der Waals surface area (Å²) in [6.07, 6.45) is 3.10. The van der Waals surface area contributed by atoms with Crippen molar-refractivity contribution in [3.63, 3.8) is 0 Å². The van der Waals surface area contributed by atoms with Crippen LogP contribution in [0.3, 0.4) is 0 Å². The number of esters is 1. The maximum Gasteiger partial charge on any atom is 0.410 e. The van der Waals surface area contributed by atoms with Crippen LogP contribution in [0.15, 0.2) is 12.4 Å². The SMILES string of the molecule is Cn1cc([C@@H]2CN(C(=O)OC(C)(C)C)C[C@H]2C(=O)OCCl)cn1. The van der Waals surface area contributed by atoms with Crippen LogP contribution in [0.2, 0.25) is 0 Å². The molecule has 0 N–H and O–H groups in total. The third-order valence-electron chi connectivity index (χ3n) is 3.62. The van der Waals surface area contributed by atoms with E-state index in [9.17, 15) is 9.59 Å². The van der Waals surface area contributed by atoms with Gasteiger partial charge in [-0.25, -0.2) is 4.79 Å². The largest absolute Gasteiger partial charge is 0.449 e. The Morgan fingerprint density at radius 2 is 2.09 bits per heavy atom. The summed E-state index contributed by atoms with van der Waals surface area (Å²) < 4.78 is 12.0. The highest BCUT2D eigenvalue weighted by atomic mass is 35.5. The molecule has 1 aromatic heterocycles. The minimum Gasteiger partial charge on any atom is -0.449 e. The molecule has 1 amide bonds. The quantitative estimate of drug-likeness (QED) is 0.620. The summed E-state index contributed by atoms with van der Waals surface area (Å²) in [7, 11) is 1.80. The number of carbonyl (C=O) groups is 2. The predicted octanol–water partition coefficient (Wildman–Crippen LogP) is 2.11. The van der Waals surface area contributed by atoms with Crippen molar-refractivity contribution in [2.24, 2.45) is 13.0 Å². The van der Waals surface area contributed by atoms with Gasteiger partial charge < -0.3 is 14.4 Å². The lowest BCUT2D eigenvalue weighted by molar-refractivity contribution is -0.146. The molecule has 1 saturated heterocycles. The van der Waals surface area contributed by atoms with Gasteiger partial charge in [-0.2, -0.15) is 5.10 Å². The van der Waals surface area contributed by atoms with Crippen LogP contribution >= 0.6 is 11.6 Å². The van der Waals surface area contributed by atoms with Crippen molar-refractivity contribution in [3.05, 3.63) is 18.0 Å². The summed E-state index contributed by atoms with van der Waals surface area (Å²) in [4.78, 5) is 26.0. The molecular weight excluding hydrogens is 322 g/mol. The number of amides is 1. The molecule has 0 bridgehead atoms. The molecule has 2 atom stereocenters. The van der Waals surface area contributed by atoms with E-state index in [4.69, 9.17) is 21.1 Å². The highest BCUT2D eigenvalue weighted by Crippen LogP contribution is 2.34. The number of hydrogen-bond acceptors (Lipinski definition) is 5. The molecule has 0 unspecified atom stereocenters. The molecule has 8 heteroatoms. The molecule has 2 rings (SSSR count). The Morgan fingerprint density at radius 1 is 1.39 bits per heavy atom.